The number of methoxy groups -OCH3 is 1. The van der Waals surface area contributed by atoms with Crippen LogP contribution in [0.15, 0.2) is 78.7 Å². The third-order valence-electron chi connectivity index (χ3n) is 4.09. The summed E-state index contributed by atoms with van der Waals surface area (Å²) in [5.41, 5.74) is 3.42. The van der Waals surface area contributed by atoms with Gasteiger partial charge in [-0.3, -0.25) is 0 Å². The summed E-state index contributed by atoms with van der Waals surface area (Å²) in [4.78, 5) is 1.14. The Morgan fingerprint density at radius 1 is 1.00 bits per heavy atom. The zero-order chi connectivity index (χ0) is 18.4. The Labute approximate surface area is 159 Å². The summed E-state index contributed by atoms with van der Waals surface area (Å²) in [6.45, 7) is 6.32. The predicted molar refractivity (Wildman–Crippen MR) is 111 cm³/mol. The Morgan fingerprint density at radius 3 is 2.31 bits per heavy atom. The molecule has 0 amide bonds. The van der Waals surface area contributed by atoms with Gasteiger partial charge in [0.2, 0.25) is 0 Å². The minimum Gasteiger partial charge on any atom is -0.497 e. The van der Waals surface area contributed by atoms with Crippen molar-refractivity contribution in [2.24, 2.45) is 0 Å². The van der Waals surface area contributed by atoms with E-state index in [1.165, 1.54) is 5.56 Å². The molecule has 0 aliphatic carbocycles. The summed E-state index contributed by atoms with van der Waals surface area (Å²) >= 11 is 1.68. The summed E-state index contributed by atoms with van der Waals surface area (Å²) in [6.07, 6.45) is 2.84. The molecule has 0 atom stereocenters. The van der Waals surface area contributed by atoms with Crippen LogP contribution in [0.2, 0.25) is 0 Å². The second-order valence-electron chi connectivity index (χ2n) is 5.95. The van der Waals surface area contributed by atoms with Gasteiger partial charge in [-0.2, -0.15) is 0 Å². The number of aryl methyl sites for hydroxylation is 1. The van der Waals surface area contributed by atoms with Crippen molar-refractivity contribution < 1.29 is 9.47 Å². The quantitative estimate of drug-likeness (QED) is 0.441. The van der Waals surface area contributed by atoms with Gasteiger partial charge in [0.15, 0.2) is 0 Å². The van der Waals surface area contributed by atoms with Crippen LogP contribution in [0.4, 0.5) is 0 Å². The molecule has 0 bridgehead atoms. The van der Waals surface area contributed by atoms with Gasteiger partial charge in [-0.05, 0) is 71.8 Å². The minimum absolute atomic E-state index is 0.729. The largest absolute Gasteiger partial charge is 0.497 e. The highest BCUT2D eigenvalue weighted by atomic mass is 32.1. The predicted octanol–water partition coefficient (Wildman–Crippen LogP) is 6.59. The maximum absolute atomic E-state index is 6.20. The topological polar surface area (TPSA) is 18.5 Å². The second kappa shape index (κ2) is 8.54. The lowest BCUT2D eigenvalue weighted by molar-refractivity contribution is 0.413. The number of allylic oxidation sites excluding steroid dienone is 2. The third kappa shape index (κ3) is 4.44. The first kappa shape index (κ1) is 18.0. The molecule has 0 spiro atoms. The standard InChI is InChI=1S/C23H22O2S/c1-17(19-7-5-4-6-8-19)9-14-22(23-18(2)15-16-26-23)25-21-12-10-20(24-3)11-13-21/h4-8,10-16H,1,9H2,2-3H3. The monoisotopic (exact) mass is 362 g/mol. The molecule has 3 aromatic rings. The first-order chi connectivity index (χ1) is 12.7. The molecule has 0 N–H and O–H groups in total. The van der Waals surface area contributed by atoms with E-state index in [0.29, 0.717) is 0 Å². The maximum atomic E-state index is 6.20. The summed E-state index contributed by atoms with van der Waals surface area (Å²) in [5, 5.41) is 2.09. The number of rotatable bonds is 7. The molecule has 0 aliphatic rings. The van der Waals surface area contributed by atoms with Gasteiger partial charge in [-0.1, -0.05) is 36.9 Å². The molecule has 0 saturated carbocycles. The van der Waals surface area contributed by atoms with Crippen molar-refractivity contribution in [2.45, 2.75) is 13.3 Å². The minimum atomic E-state index is 0.729. The molecule has 3 heteroatoms. The molecule has 26 heavy (non-hydrogen) atoms. The van der Waals surface area contributed by atoms with Gasteiger partial charge in [-0.25, -0.2) is 0 Å². The highest BCUT2D eigenvalue weighted by Gasteiger charge is 2.10. The SMILES string of the molecule is C=C(CC=C(Oc1ccc(OC)cc1)c1sccc1C)c1ccccc1. The number of benzene rings is 2. The fraction of sp³-hybridized carbons (Fsp3) is 0.130. The van der Waals surface area contributed by atoms with Crippen LogP contribution >= 0.6 is 11.3 Å². The van der Waals surface area contributed by atoms with Crippen molar-refractivity contribution in [1.29, 1.82) is 0 Å². The maximum Gasteiger partial charge on any atom is 0.141 e. The van der Waals surface area contributed by atoms with Crippen molar-refractivity contribution in [1.82, 2.24) is 0 Å². The molecule has 1 heterocycles. The first-order valence-corrected chi connectivity index (χ1v) is 9.35. The summed E-state index contributed by atoms with van der Waals surface area (Å²) < 4.78 is 11.4. The van der Waals surface area contributed by atoms with E-state index in [1.807, 2.05) is 42.5 Å². The van der Waals surface area contributed by atoms with Crippen molar-refractivity contribution in [3.8, 4) is 11.5 Å². The smallest absolute Gasteiger partial charge is 0.141 e. The van der Waals surface area contributed by atoms with E-state index in [4.69, 9.17) is 9.47 Å². The van der Waals surface area contributed by atoms with E-state index in [-0.39, 0.29) is 0 Å². The van der Waals surface area contributed by atoms with Crippen LogP contribution in [0.25, 0.3) is 11.3 Å². The van der Waals surface area contributed by atoms with Gasteiger partial charge in [0.25, 0.3) is 0 Å². The molecule has 0 saturated heterocycles. The van der Waals surface area contributed by atoms with Crippen LogP contribution < -0.4 is 9.47 Å². The van der Waals surface area contributed by atoms with Crippen LogP contribution in [0.1, 0.15) is 22.4 Å². The van der Waals surface area contributed by atoms with Gasteiger partial charge in [0.1, 0.15) is 17.3 Å². The molecule has 1 aromatic heterocycles. The molecule has 0 unspecified atom stereocenters. The fourth-order valence-electron chi connectivity index (χ4n) is 2.58. The van der Waals surface area contributed by atoms with E-state index < -0.39 is 0 Å². The Hall–Kier alpha value is -2.78. The highest BCUT2D eigenvalue weighted by molar-refractivity contribution is 7.11. The molecule has 3 rings (SSSR count). The lowest BCUT2D eigenvalue weighted by Crippen LogP contribution is -1.95. The highest BCUT2D eigenvalue weighted by Crippen LogP contribution is 2.30. The van der Waals surface area contributed by atoms with Crippen LogP contribution in [-0.4, -0.2) is 7.11 Å². The van der Waals surface area contributed by atoms with Gasteiger partial charge in [0, 0.05) is 0 Å². The average Bonchev–Trinajstić information content (AvgIpc) is 3.12. The number of thiophene rings is 1. The molecule has 2 nitrogen and oxygen atoms in total. The molecule has 0 aliphatic heterocycles. The lowest BCUT2D eigenvalue weighted by atomic mass is 10.0. The molecule has 132 valence electrons. The Kier molecular flexibility index (Phi) is 5.92. The van der Waals surface area contributed by atoms with E-state index in [1.54, 1.807) is 18.4 Å². The van der Waals surface area contributed by atoms with Gasteiger partial charge >= 0.3 is 0 Å². The summed E-state index contributed by atoms with van der Waals surface area (Å²) in [7, 11) is 1.66. The van der Waals surface area contributed by atoms with Crippen LogP contribution in [0, 0.1) is 6.92 Å². The average molecular weight is 362 g/mol. The molecule has 0 fully saturated rings. The van der Waals surface area contributed by atoms with Gasteiger partial charge < -0.3 is 9.47 Å². The molecule has 2 aromatic carbocycles. The van der Waals surface area contributed by atoms with Gasteiger partial charge in [-0.15, -0.1) is 11.3 Å². The normalized spacial score (nSPS) is 11.2. The van der Waals surface area contributed by atoms with Crippen LogP contribution in [0.3, 0.4) is 0 Å². The van der Waals surface area contributed by atoms with E-state index in [9.17, 15) is 0 Å². The van der Waals surface area contributed by atoms with Crippen LogP contribution in [0.5, 0.6) is 11.5 Å². The number of ether oxygens (including phenoxy) is 2. The molecular weight excluding hydrogens is 340 g/mol. The number of hydrogen-bond acceptors (Lipinski definition) is 3. The zero-order valence-corrected chi connectivity index (χ0v) is 15.9. The van der Waals surface area contributed by atoms with E-state index in [2.05, 4.69) is 43.2 Å². The van der Waals surface area contributed by atoms with Crippen molar-refractivity contribution >= 4 is 22.7 Å². The lowest BCUT2D eigenvalue weighted by Gasteiger charge is -2.11. The van der Waals surface area contributed by atoms with E-state index >= 15 is 0 Å². The zero-order valence-electron chi connectivity index (χ0n) is 15.1. The van der Waals surface area contributed by atoms with Crippen molar-refractivity contribution in [3.63, 3.8) is 0 Å². The third-order valence-corrected chi connectivity index (χ3v) is 5.12. The van der Waals surface area contributed by atoms with Gasteiger partial charge in [0.05, 0.1) is 12.0 Å². The van der Waals surface area contributed by atoms with Crippen molar-refractivity contribution in [2.75, 3.05) is 7.11 Å². The second-order valence-corrected chi connectivity index (χ2v) is 6.87. The Bertz CT molecular complexity index is 889. The molecule has 0 radical (unpaired) electrons. The van der Waals surface area contributed by atoms with Crippen molar-refractivity contribution in [3.05, 3.63) is 94.7 Å². The van der Waals surface area contributed by atoms with Crippen LogP contribution in [-0.2, 0) is 0 Å². The number of hydrogen-bond donors (Lipinski definition) is 0. The van der Waals surface area contributed by atoms with E-state index in [0.717, 1.165) is 39.7 Å². The molecular formula is C23H22O2S. The first-order valence-electron chi connectivity index (χ1n) is 8.47. The Balaban J connectivity index is 1.83. The summed E-state index contributed by atoms with van der Waals surface area (Å²) in [6, 6.07) is 20.0. The summed E-state index contributed by atoms with van der Waals surface area (Å²) in [5.74, 6) is 2.46. The Morgan fingerprint density at radius 2 is 1.69 bits per heavy atom. The fourth-order valence-corrected chi connectivity index (χ4v) is 3.49.